The number of carbonyl (C=O) groups excluding carboxylic acids is 1. The minimum Gasteiger partial charge on any atom is -0.342 e. The third-order valence-corrected chi connectivity index (χ3v) is 5.13. The highest BCUT2D eigenvalue weighted by Crippen LogP contribution is 2.26. The zero-order valence-electron chi connectivity index (χ0n) is 14.3. The number of benzene rings is 2. The van der Waals surface area contributed by atoms with Crippen LogP contribution >= 0.6 is 23.4 Å². The average molecular weight is 374 g/mol. The second-order valence-electron chi connectivity index (χ2n) is 6.18. The maximum atomic E-state index is 12.8. The number of H-pyrrole nitrogens is 1. The van der Waals surface area contributed by atoms with E-state index in [0.29, 0.717) is 10.6 Å². The number of aromatic nitrogens is 2. The van der Waals surface area contributed by atoms with Crippen LogP contribution in [0.1, 0.15) is 36.1 Å². The Labute approximate surface area is 156 Å². The second kappa shape index (κ2) is 7.50. The number of halogens is 1. The van der Waals surface area contributed by atoms with Crippen LogP contribution in [0.5, 0.6) is 0 Å². The highest BCUT2D eigenvalue weighted by atomic mass is 35.5. The molecule has 0 spiro atoms. The fourth-order valence-electron chi connectivity index (χ4n) is 2.69. The van der Waals surface area contributed by atoms with Gasteiger partial charge < -0.3 is 10.3 Å². The standard InChI is InChI=1S/C19H20ClN3OS/c1-11(2)17(18-21-15-6-4-5-7-16(15)22-18)23-19(24)13-10-12(25-3)8-9-14(13)20/h4-11,17H,1-3H3,(H,21,22)(H,23,24). The van der Waals surface area contributed by atoms with Crippen LogP contribution in [0, 0.1) is 5.92 Å². The van der Waals surface area contributed by atoms with Crippen LogP contribution in [-0.2, 0) is 0 Å². The summed E-state index contributed by atoms with van der Waals surface area (Å²) in [5.41, 5.74) is 2.33. The van der Waals surface area contributed by atoms with Crippen molar-refractivity contribution in [3.8, 4) is 0 Å². The summed E-state index contributed by atoms with van der Waals surface area (Å²) in [7, 11) is 0. The Morgan fingerprint density at radius 1 is 1.24 bits per heavy atom. The molecule has 1 atom stereocenters. The average Bonchev–Trinajstić information content (AvgIpc) is 3.03. The SMILES string of the molecule is CSc1ccc(Cl)c(C(=O)NC(c2nc3ccccc3[nH]2)C(C)C)c1. The normalized spacial score (nSPS) is 12.5. The molecule has 0 aliphatic carbocycles. The summed E-state index contributed by atoms with van der Waals surface area (Å²) in [4.78, 5) is 21.7. The number of aromatic amines is 1. The Bertz CT molecular complexity index is 874. The van der Waals surface area contributed by atoms with Crippen LogP contribution < -0.4 is 5.32 Å². The molecule has 2 aromatic carbocycles. The first kappa shape index (κ1) is 17.8. The van der Waals surface area contributed by atoms with Crippen molar-refractivity contribution >= 4 is 40.3 Å². The summed E-state index contributed by atoms with van der Waals surface area (Å²) in [5, 5.41) is 3.52. The van der Waals surface area contributed by atoms with Gasteiger partial charge in [0.2, 0.25) is 0 Å². The van der Waals surface area contributed by atoms with Gasteiger partial charge in [0.25, 0.3) is 5.91 Å². The highest BCUT2D eigenvalue weighted by Gasteiger charge is 2.23. The summed E-state index contributed by atoms with van der Waals surface area (Å²) >= 11 is 7.80. The monoisotopic (exact) mass is 373 g/mol. The van der Waals surface area contributed by atoms with Crippen LogP contribution in [0.25, 0.3) is 11.0 Å². The van der Waals surface area contributed by atoms with Gasteiger partial charge in [0.15, 0.2) is 0 Å². The maximum Gasteiger partial charge on any atom is 0.253 e. The van der Waals surface area contributed by atoms with E-state index in [0.717, 1.165) is 21.8 Å². The number of nitrogens with zero attached hydrogens (tertiary/aromatic N) is 1. The quantitative estimate of drug-likeness (QED) is 0.614. The molecule has 1 aromatic heterocycles. The first-order valence-electron chi connectivity index (χ1n) is 8.08. The molecule has 0 fully saturated rings. The molecule has 4 nitrogen and oxygen atoms in total. The molecule has 0 saturated carbocycles. The molecule has 1 amide bonds. The van der Waals surface area contributed by atoms with Crippen molar-refractivity contribution in [1.82, 2.24) is 15.3 Å². The lowest BCUT2D eigenvalue weighted by molar-refractivity contribution is 0.0923. The number of amides is 1. The van der Waals surface area contributed by atoms with Crippen molar-refractivity contribution < 1.29 is 4.79 Å². The lowest BCUT2D eigenvalue weighted by Crippen LogP contribution is -2.32. The molecule has 1 heterocycles. The lowest BCUT2D eigenvalue weighted by Gasteiger charge is -2.21. The summed E-state index contributed by atoms with van der Waals surface area (Å²) in [5.74, 6) is 0.730. The third kappa shape index (κ3) is 3.83. The number of hydrogen-bond donors (Lipinski definition) is 2. The summed E-state index contributed by atoms with van der Waals surface area (Å²) in [6.45, 7) is 4.11. The molecule has 0 saturated heterocycles. The van der Waals surface area contributed by atoms with Crippen LogP contribution in [-0.4, -0.2) is 22.1 Å². The smallest absolute Gasteiger partial charge is 0.253 e. The molecule has 130 valence electrons. The second-order valence-corrected chi connectivity index (χ2v) is 7.47. The number of fused-ring (bicyclic) bond motifs is 1. The summed E-state index contributed by atoms with van der Waals surface area (Å²) in [6.07, 6.45) is 1.97. The third-order valence-electron chi connectivity index (χ3n) is 4.07. The zero-order chi connectivity index (χ0) is 18.0. The first-order chi connectivity index (χ1) is 12.0. The molecule has 3 aromatic rings. The number of imidazole rings is 1. The van der Waals surface area contributed by atoms with Gasteiger partial charge in [-0.2, -0.15) is 0 Å². The van der Waals surface area contributed by atoms with E-state index in [9.17, 15) is 4.79 Å². The van der Waals surface area contributed by atoms with E-state index >= 15 is 0 Å². The molecule has 2 N–H and O–H groups in total. The van der Waals surface area contributed by atoms with Crippen molar-refractivity contribution in [3.05, 3.63) is 58.9 Å². The van der Waals surface area contributed by atoms with Gasteiger partial charge in [0.1, 0.15) is 5.82 Å². The van der Waals surface area contributed by atoms with Crippen LogP contribution in [0.15, 0.2) is 47.4 Å². The van der Waals surface area contributed by atoms with Crippen molar-refractivity contribution in [3.63, 3.8) is 0 Å². The molecular weight excluding hydrogens is 354 g/mol. The van der Waals surface area contributed by atoms with E-state index in [1.807, 2.05) is 42.7 Å². The molecule has 0 radical (unpaired) electrons. The van der Waals surface area contributed by atoms with Crippen molar-refractivity contribution in [2.24, 2.45) is 5.92 Å². The topological polar surface area (TPSA) is 57.8 Å². The van der Waals surface area contributed by atoms with Gasteiger partial charge in [-0.1, -0.05) is 37.6 Å². The predicted molar refractivity (Wildman–Crippen MR) is 104 cm³/mol. The number of thioether (sulfide) groups is 1. The summed E-state index contributed by atoms with van der Waals surface area (Å²) < 4.78 is 0. The molecule has 0 bridgehead atoms. The molecule has 1 unspecified atom stereocenters. The molecule has 3 rings (SSSR count). The van der Waals surface area contributed by atoms with E-state index in [-0.39, 0.29) is 17.9 Å². The van der Waals surface area contributed by atoms with E-state index < -0.39 is 0 Å². The summed E-state index contributed by atoms with van der Waals surface area (Å²) in [6, 6.07) is 13.1. The van der Waals surface area contributed by atoms with Gasteiger partial charge in [0.05, 0.1) is 27.7 Å². The predicted octanol–water partition coefficient (Wildman–Crippen LogP) is 5.07. The zero-order valence-corrected chi connectivity index (χ0v) is 15.9. The molecule has 25 heavy (non-hydrogen) atoms. The Hall–Kier alpha value is -1.98. The Kier molecular flexibility index (Phi) is 5.35. The van der Waals surface area contributed by atoms with Gasteiger partial charge in [-0.05, 0) is 42.5 Å². The largest absolute Gasteiger partial charge is 0.342 e. The number of nitrogens with one attached hydrogen (secondary N) is 2. The molecular formula is C19H20ClN3OS. The van der Waals surface area contributed by atoms with Crippen LogP contribution in [0.3, 0.4) is 0 Å². The lowest BCUT2D eigenvalue weighted by atomic mass is 10.0. The highest BCUT2D eigenvalue weighted by molar-refractivity contribution is 7.98. The fourth-order valence-corrected chi connectivity index (χ4v) is 3.34. The van der Waals surface area contributed by atoms with E-state index in [1.165, 1.54) is 0 Å². The van der Waals surface area contributed by atoms with Gasteiger partial charge in [-0.3, -0.25) is 4.79 Å². The van der Waals surface area contributed by atoms with Crippen LogP contribution in [0.4, 0.5) is 0 Å². The van der Waals surface area contributed by atoms with Gasteiger partial charge in [0, 0.05) is 4.90 Å². The minimum atomic E-state index is -0.228. The minimum absolute atomic E-state index is 0.173. The van der Waals surface area contributed by atoms with E-state index in [1.54, 1.807) is 17.8 Å². The van der Waals surface area contributed by atoms with Crippen molar-refractivity contribution in [1.29, 1.82) is 0 Å². The van der Waals surface area contributed by atoms with Crippen LogP contribution in [0.2, 0.25) is 5.02 Å². The van der Waals surface area contributed by atoms with Crippen molar-refractivity contribution in [2.75, 3.05) is 6.26 Å². The van der Waals surface area contributed by atoms with Gasteiger partial charge in [-0.25, -0.2) is 4.98 Å². The first-order valence-corrected chi connectivity index (χ1v) is 9.69. The Balaban J connectivity index is 1.90. The molecule has 0 aliphatic rings. The Morgan fingerprint density at radius 2 is 2.00 bits per heavy atom. The Morgan fingerprint density at radius 3 is 2.68 bits per heavy atom. The molecule has 0 aliphatic heterocycles. The number of hydrogen-bond acceptors (Lipinski definition) is 3. The van der Waals surface area contributed by atoms with Gasteiger partial charge in [-0.15, -0.1) is 11.8 Å². The number of para-hydroxylation sites is 2. The fraction of sp³-hybridized carbons (Fsp3) is 0.263. The maximum absolute atomic E-state index is 12.8. The van der Waals surface area contributed by atoms with Gasteiger partial charge >= 0.3 is 0 Å². The van der Waals surface area contributed by atoms with Crippen molar-refractivity contribution in [2.45, 2.75) is 24.8 Å². The number of carbonyl (C=O) groups is 1. The van der Waals surface area contributed by atoms with E-state index in [4.69, 9.17) is 11.6 Å². The van der Waals surface area contributed by atoms with E-state index in [2.05, 4.69) is 29.1 Å². The number of rotatable bonds is 5. The molecule has 6 heteroatoms.